The van der Waals surface area contributed by atoms with Gasteiger partial charge in [-0.2, -0.15) is 0 Å². The first-order valence-corrected chi connectivity index (χ1v) is 5.97. The predicted molar refractivity (Wildman–Crippen MR) is 77.1 cm³/mol. The number of nitrogens with zero attached hydrogens (tertiary/aromatic N) is 1. The maximum atomic E-state index is 11.8. The predicted octanol–water partition coefficient (Wildman–Crippen LogP) is 1.86. The van der Waals surface area contributed by atoms with Gasteiger partial charge in [0.1, 0.15) is 6.04 Å². The van der Waals surface area contributed by atoms with E-state index in [-0.39, 0.29) is 11.9 Å². The molecule has 98 valence electrons. The van der Waals surface area contributed by atoms with Crippen molar-refractivity contribution >= 4 is 17.3 Å². The van der Waals surface area contributed by atoms with Crippen molar-refractivity contribution in [3.8, 4) is 0 Å². The van der Waals surface area contributed by atoms with Crippen molar-refractivity contribution in [1.82, 2.24) is 5.32 Å². The van der Waals surface area contributed by atoms with E-state index in [9.17, 15) is 4.79 Å². The van der Waals surface area contributed by atoms with Crippen molar-refractivity contribution in [1.29, 1.82) is 0 Å². The minimum Gasteiger partial charge on any atom is -0.376 e. The number of para-hydroxylation sites is 2. The minimum atomic E-state index is -0.286. The van der Waals surface area contributed by atoms with Gasteiger partial charge in [0.15, 0.2) is 0 Å². The van der Waals surface area contributed by atoms with Gasteiger partial charge in [0.2, 0.25) is 5.91 Å². The summed E-state index contributed by atoms with van der Waals surface area (Å²) < 4.78 is 0. The first kappa shape index (κ1) is 14.1. The molecule has 1 amide bonds. The highest BCUT2D eigenvalue weighted by molar-refractivity contribution is 5.85. The summed E-state index contributed by atoms with van der Waals surface area (Å²) in [5.74, 6) is -0.0385. The molecular formula is C14H21N3O. The van der Waals surface area contributed by atoms with E-state index >= 15 is 0 Å². The zero-order valence-corrected chi connectivity index (χ0v) is 11.2. The molecule has 0 radical (unpaired) electrons. The number of carbonyl (C=O) groups is 1. The topological polar surface area (TPSA) is 44.4 Å². The van der Waals surface area contributed by atoms with Gasteiger partial charge in [-0.15, -0.1) is 6.58 Å². The molecule has 0 fully saturated rings. The Hall–Kier alpha value is -1.97. The third kappa shape index (κ3) is 3.80. The lowest BCUT2D eigenvalue weighted by Gasteiger charge is -2.21. The minimum absolute atomic E-state index is 0.0385. The molecule has 1 aromatic carbocycles. The van der Waals surface area contributed by atoms with E-state index in [1.165, 1.54) is 0 Å². The highest BCUT2D eigenvalue weighted by Gasteiger charge is 2.13. The summed E-state index contributed by atoms with van der Waals surface area (Å²) in [5, 5.41) is 5.98. The number of rotatable bonds is 6. The maximum absolute atomic E-state index is 11.8. The van der Waals surface area contributed by atoms with Gasteiger partial charge in [-0.3, -0.25) is 4.79 Å². The summed E-state index contributed by atoms with van der Waals surface area (Å²) >= 11 is 0. The molecule has 1 unspecified atom stereocenters. The van der Waals surface area contributed by atoms with E-state index in [4.69, 9.17) is 0 Å². The highest BCUT2D eigenvalue weighted by atomic mass is 16.2. The number of anilines is 2. The van der Waals surface area contributed by atoms with Crippen molar-refractivity contribution in [3.63, 3.8) is 0 Å². The Balaban J connectivity index is 2.72. The largest absolute Gasteiger partial charge is 0.376 e. The van der Waals surface area contributed by atoms with Gasteiger partial charge in [-0.25, -0.2) is 0 Å². The molecule has 1 rings (SSSR count). The van der Waals surface area contributed by atoms with Crippen LogP contribution in [0.25, 0.3) is 0 Å². The third-order valence-electron chi connectivity index (χ3n) is 2.57. The quantitative estimate of drug-likeness (QED) is 0.754. The molecule has 1 aromatic rings. The summed E-state index contributed by atoms with van der Waals surface area (Å²) in [4.78, 5) is 13.8. The second kappa shape index (κ2) is 6.69. The molecule has 0 bridgehead atoms. The van der Waals surface area contributed by atoms with Crippen molar-refractivity contribution in [2.24, 2.45) is 0 Å². The fraction of sp³-hybridized carbons (Fsp3) is 0.357. The number of hydrogen-bond donors (Lipinski definition) is 2. The molecule has 0 aliphatic heterocycles. The maximum Gasteiger partial charge on any atom is 0.242 e. The van der Waals surface area contributed by atoms with Crippen LogP contribution in [0.15, 0.2) is 36.9 Å². The summed E-state index contributed by atoms with van der Waals surface area (Å²) in [6, 6.07) is 7.61. The van der Waals surface area contributed by atoms with E-state index in [0.717, 1.165) is 11.4 Å². The molecule has 0 aliphatic carbocycles. The molecule has 0 aliphatic rings. The average molecular weight is 247 g/mol. The Morgan fingerprint density at radius 3 is 2.72 bits per heavy atom. The first-order chi connectivity index (χ1) is 8.56. The molecule has 0 heterocycles. The number of hydrogen-bond acceptors (Lipinski definition) is 3. The Morgan fingerprint density at radius 1 is 1.44 bits per heavy atom. The van der Waals surface area contributed by atoms with Gasteiger partial charge in [0.05, 0.1) is 11.4 Å². The van der Waals surface area contributed by atoms with Crippen LogP contribution in [0.4, 0.5) is 11.4 Å². The molecular weight excluding hydrogens is 226 g/mol. The van der Waals surface area contributed by atoms with E-state index in [1.807, 2.05) is 50.2 Å². The molecule has 0 aromatic heterocycles. The average Bonchev–Trinajstić information content (AvgIpc) is 2.36. The SMILES string of the molecule is C=CCNC(=O)C(C)Nc1ccccc1N(C)C. The monoisotopic (exact) mass is 247 g/mol. The van der Waals surface area contributed by atoms with Gasteiger partial charge in [-0.1, -0.05) is 18.2 Å². The third-order valence-corrected chi connectivity index (χ3v) is 2.57. The number of nitrogens with one attached hydrogen (secondary N) is 2. The molecule has 0 saturated heterocycles. The number of benzene rings is 1. The second-order valence-corrected chi connectivity index (χ2v) is 4.31. The van der Waals surface area contributed by atoms with Crippen molar-refractivity contribution in [3.05, 3.63) is 36.9 Å². The molecule has 0 spiro atoms. The van der Waals surface area contributed by atoms with Crippen LogP contribution in [0, 0.1) is 0 Å². The van der Waals surface area contributed by atoms with Crippen LogP contribution in [0.2, 0.25) is 0 Å². The van der Waals surface area contributed by atoms with Gasteiger partial charge < -0.3 is 15.5 Å². The zero-order valence-electron chi connectivity index (χ0n) is 11.2. The Kier molecular flexibility index (Phi) is 5.24. The summed E-state index contributed by atoms with van der Waals surface area (Å²) in [7, 11) is 3.95. The molecule has 4 heteroatoms. The zero-order chi connectivity index (χ0) is 13.5. The molecule has 18 heavy (non-hydrogen) atoms. The molecule has 2 N–H and O–H groups in total. The highest BCUT2D eigenvalue weighted by Crippen LogP contribution is 2.23. The Morgan fingerprint density at radius 2 is 2.11 bits per heavy atom. The smallest absolute Gasteiger partial charge is 0.242 e. The van der Waals surface area contributed by atoms with Gasteiger partial charge >= 0.3 is 0 Å². The summed E-state index contributed by atoms with van der Waals surface area (Å²) in [5.41, 5.74) is 2.00. The fourth-order valence-electron chi connectivity index (χ4n) is 1.61. The standard InChI is InChI=1S/C14H21N3O/c1-5-10-15-14(18)11(2)16-12-8-6-7-9-13(12)17(3)4/h5-9,11,16H,1,10H2,2-4H3,(H,15,18). The Labute approximate surface area is 109 Å². The van der Waals surface area contributed by atoms with E-state index in [1.54, 1.807) is 6.08 Å². The summed E-state index contributed by atoms with van der Waals surface area (Å²) in [6.07, 6.45) is 1.67. The lowest BCUT2D eigenvalue weighted by atomic mass is 10.2. The normalized spacial score (nSPS) is 11.5. The van der Waals surface area contributed by atoms with Crippen LogP contribution in [0.1, 0.15) is 6.92 Å². The fourth-order valence-corrected chi connectivity index (χ4v) is 1.61. The van der Waals surface area contributed by atoms with Crippen molar-refractivity contribution in [2.75, 3.05) is 30.9 Å². The first-order valence-electron chi connectivity index (χ1n) is 5.97. The van der Waals surface area contributed by atoms with E-state index < -0.39 is 0 Å². The van der Waals surface area contributed by atoms with Crippen molar-refractivity contribution in [2.45, 2.75) is 13.0 Å². The van der Waals surface area contributed by atoms with Gasteiger partial charge in [0.25, 0.3) is 0 Å². The van der Waals surface area contributed by atoms with Crippen LogP contribution in [0.5, 0.6) is 0 Å². The van der Waals surface area contributed by atoms with Crippen LogP contribution in [0.3, 0.4) is 0 Å². The molecule has 4 nitrogen and oxygen atoms in total. The van der Waals surface area contributed by atoms with E-state index in [0.29, 0.717) is 6.54 Å². The van der Waals surface area contributed by atoms with Crippen LogP contribution < -0.4 is 15.5 Å². The number of carbonyl (C=O) groups excluding carboxylic acids is 1. The molecule has 0 saturated carbocycles. The lowest BCUT2D eigenvalue weighted by Crippen LogP contribution is -2.37. The lowest BCUT2D eigenvalue weighted by molar-refractivity contribution is -0.121. The van der Waals surface area contributed by atoms with E-state index in [2.05, 4.69) is 17.2 Å². The van der Waals surface area contributed by atoms with Crippen molar-refractivity contribution < 1.29 is 4.79 Å². The van der Waals surface area contributed by atoms with Crippen LogP contribution in [-0.4, -0.2) is 32.6 Å². The second-order valence-electron chi connectivity index (χ2n) is 4.31. The van der Waals surface area contributed by atoms with Crippen LogP contribution >= 0.6 is 0 Å². The summed E-state index contributed by atoms with van der Waals surface area (Å²) in [6.45, 7) is 5.90. The van der Waals surface area contributed by atoms with Crippen LogP contribution in [-0.2, 0) is 4.79 Å². The van der Waals surface area contributed by atoms with Gasteiger partial charge in [-0.05, 0) is 19.1 Å². The van der Waals surface area contributed by atoms with Gasteiger partial charge in [0, 0.05) is 20.6 Å². The number of amides is 1. The molecule has 1 atom stereocenters. The Bertz CT molecular complexity index is 415.